The van der Waals surface area contributed by atoms with Crippen molar-refractivity contribution in [2.45, 2.75) is 32.4 Å². The van der Waals surface area contributed by atoms with Crippen molar-refractivity contribution in [3.05, 3.63) is 0 Å². The molecule has 0 bridgehead atoms. The Morgan fingerprint density at radius 2 is 2.10 bits per heavy atom. The van der Waals surface area contributed by atoms with Crippen molar-refractivity contribution in [2.75, 3.05) is 0 Å². The van der Waals surface area contributed by atoms with Crippen LogP contribution < -0.4 is 4.72 Å². The third-order valence-corrected chi connectivity index (χ3v) is 2.59. The highest BCUT2D eigenvalue weighted by molar-refractivity contribution is 7.84. The molecular formula is C5H11NO3S. The van der Waals surface area contributed by atoms with Crippen molar-refractivity contribution in [2.24, 2.45) is 0 Å². The molecule has 60 valence electrons. The van der Waals surface area contributed by atoms with E-state index in [1.165, 1.54) is 0 Å². The summed E-state index contributed by atoms with van der Waals surface area (Å²) < 4.78 is 28.4. The Balaban J connectivity index is 2.69. The molecule has 5 heteroatoms. The van der Waals surface area contributed by atoms with Gasteiger partial charge in [0.25, 0.3) is 0 Å². The van der Waals surface area contributed by atoms with Crippen molar-refractivity contribution in [1.82, 2.24) is 4.72 Å². The van der Waals surface area contributed by atoms with Crippen LogP contribution in [0, 0.1) is 0 Å². The lowest BCUT2D eigenvalue weighted by atomic mass is 10.2. The second-order valence-corrected chi connectivity index (χ2v) is 3.95. The summed E-state index contributed by atoms with van der Waals surface area (Å²) in [5, 5.41) is 0. The molecule has 0 saturated carbocycles. The van der Waals surface area contributed by atoms with Crippen molar-refractivity contribution >= 4 is 10.3 Å². The minimum atomic E-state index is -3.43. The summed E-state index contributed by atoms with van der Waals surface area (Å²) in [4.78, 5) is 0. The van der Waals surface area contributed by atoms with E-state index in [2.05, 4.69) is 8.91 Å². The molecule has 1 saturated heterocycles. The summed E-state index contributed by atoms with van der Waals surface area (Å²) in [6.45, 7) is 3.56. The smallest absolute Gasteiger partial charge is 0.255 e. The molecule has 0 aliphatic carbocycles. The summed E-state index contributed by atoms with van der Waals surface area (Å²) in [5.74, 6) is 0. The van der Waals surface area contributed by atoms with Crippen LogP contribution in [0.4, 0.5) is 0 Å². The average Bonchev–Trinajstić information content (AvgIpc) is 1.54. The van der Waals surface area contributed by atoms with Gasteiger partial charge in [-0.1, -0.05) is 0 Å². The van der Waals surface area contributed by atoms with Crippen molar-refractivity contribution < 1.29 is 12.6 Å². The van der Waals surface area contributed by atoms with Crippen LogP contribution in [0.2, 0.25) is 0 Å². The Bertz CT molecular complexity index is 195. The molecule has 0 unspecified atom stereocenters. The summed E-state index contributed by atoms with van der Waals surface area (Å²) in [6, 6.07) is -0.00579. The first-order valence-electron chi connectivity index (χ1n) is 3.20. The van der Waals surface area contributed by atoms with Gasteiger partial charge in [-0.2, -0.15) is 13.1 Å². The molecule has 1 fully saturated rings. The molecule has 0 aromatic heterocycles. The molecule has 1 rings (SSSR count). The van der Waals surface area contributed by atoms with E-state index in [-0.39, 0.29) is 12.1 Å². The third-order valence-electron chi connectivity index (χ3n) is 1.32. The molecule has 2 atom stereocenters. The summed E-state index contributed by atoms with van der Waals surface area (Å²) >= 11 is 0. The van der Waals surface area contributed by atoms with Gasteiger partial charge in [0.15, 0.2) is 0 Å². The predicted octanol–water partition coefficient (Wildman–Crippen LogP) is 0.0181. The van der Waals surface area contributed by atoms with E-state index in [9.17, 15) is 8.42 Å². The molecule has 0 aromatic rings. The first kappa shape index (κ1) is 7.97. The van der Waals surface area contributed by atoms with Gasteiger partial charge in [0.2, 0.25) is 0 Å². The van der Waals surface area contributed by atoms with E-state index in [1.54, 1.807) is 6.92 Å². The molecule has 1 N–H and O–H groups in total. The zero-order valence-corrected chi connectivity index (χ0v) is 6.81. The summed E-state index contributed by atoms with van der Waals surface area (Å²) in [5.41, 5.74) is 0. The van der Waals surface area contributed by atoms with Crippen LogP contribution in [0.25, 0.3) is 0 Å². The Hall–Kier alpha value is -0.130. The van der Waals surface area contributed by atoms with E-state index in [4.69, 9.17) is 0 Å². The van der Waals surface area contributed by atoms with Crippen LogP contribution in [0.1, 0.15) is 20.3 Å². The number of hydrogen-bond donors (Lipinski definition) is 1. The van der Waals surface area contributed by atoms with E-state index in [0.29, 0.717) is 0 Å². The topological polar surface area (TPSA) is 55.4 Å². The third kappa shape index (κ3) is 1.93. The van der Waals surface area contributed by atoms with Gasteiger partial charge >= 0.3 is 10.3 Å². The molecule has 0 spiro atoms. The highest BCUT2D eigenvalue weighted by Crippen LogP contribution is 2.11. The minimum absolute atomic E-state index is 0.00579. The highest BCUT2D eigenvalue weighted by atomic mass is 32.2. The van der Waals surface area contributed by atoms with Gasteiger partial charge in [-0.25, -0.2) is 0 Å². The maximum atomic E-state index is 10.7. The van der Waals surface area contributed by atoms with E-state index in [1.807, 2.05) is 6.92 Å². The molecule has 1 heterocycles. The second-order valence-electron chi connectivity index (χ2n) is 2.62. The van der Waals surface area contributed by atoms with Gasteiger partial charge in [-0.15, -0.1) is 0 Å². The number of nitrogens with one attached hydrogen (secondary N) is 1. The predicted molar refractivity (Wildman–Crippen MR) is 36.7 cm³/mol. The van der Waals surface area contributed by atoms with Crippen LogP contribution in [0.5, 0.6) is 0 Å². The monoisotopic (exact) mass is 165 g/mol. The van der Waals surface area contributed by atoms with Crippen molar-refractivity contribution in [3.63, 3.8) is 0 Å². The Kier molecular flexibility index (Phi) is 1.98. The molecule has 10 heavy (non-hydrogen) atoms. The fourth-order valence-corrected chi connectivity index (χ4v) is 2.23. The van der Waals surface area contributed by atoms with Gasteiger partial charge in [-0.3, -0.25) is 4.18 Å². The lowest BCUT2D eigenvalue weighted by Crippen LogP contribution is -2.43. The molecule has 0 radical (unpaired) electrons. The normalized spacial score (nSPS) is 39.4. The lowest BCUT2D eigenvalue weighted by molar-refractivity contribution is 0.178. The van der Waals surface area contributed by atoms with Crippen LogP contribution in [-0.4, -0.2) is 20.6 Å². The molecule has 1 aliphatic heterocycles. The minimum Gasteiger partial charge on any atom is -0.255 e. The largest absolute Gasteiger partial charge is 0.336 e. The van der Waals surface area contributed by atoms with Gasteiger partial charge in [0.05, 0.1) is 6.10 Å². The maximum absolute atomic E-state index is 10.7. The zero-order valence-electron chi connectivity index (χ0n) is 5.99. The average molecular weight is 165 g/mol. The fraction of sp³-hybridized carbons (Fsp3) is 1.00. The highest BCUT2D eigenvalue weighted by Gasteiger charge is 2.25. The number of rotatable bonds is 0. The van der Waals surface area contributed by atoms with Gasteiger partial charge < -0.3 is 0 Å². The molecule has 0 aromatic carbocycles. The van der Waals surface area contributed by atoms with Crippen molar-refractivity contribution in [3.8, 4) is 0 Å². The molecule has 0 amide bonds. The van der Waals surface area contributed by atoms with Crippen LogP contribution in [0.15, 0.2) is 0 Å². The Morgan fingerprint density at radius 1 is 1.50 bits per heavy atom. The standard InChI is InChI=1S/C5H11NO3S/c1-4-3-5(2)9-10(7,8)6-4/h4-6H,3H2,1-2H3/t4-,5+/m1/s1. The van der Waals surface area contributed by atoms with Gasteiger partial charge in [-0.05, 0) is 20.3 Å². The Morgan fingerprint density at radius 3 is 2.50 bits per heavy atom. The fourth-order valence-electron chi connectivity index (χ4n) is 1.08. The van der Waals surface area contributed by atoms with Gasteiger partial charge in [0, 0.05) is 6.04 Å². The molecule has 4 nitrogen and oxygen atoms in total. The second kappa shape index (κ2) is 2.48. The zero-order chi connectivity index (χ0) is 7.78. The SMILES string of the molecule is C[C@@H]1C[C@H](C)OS(=O)(=O)N1. The first-order chi connectivity index (χ1) is 4.49. The Labute approximate surface area is 60.8 Å². The van der Waals surface area contributed by atoms with Crippen LogP contribution >= 0.6 is 0 Å². The van der Waals surface area contributed by atoms with E-state index >= 15 is 0 Å². The number of hydrogen-bond acceptors (Lipinski definition) is 3. The van der Waals surface area contributed by atoms with Crippen LogP contribution in [0.3, 0.4) is 0 Å². The lowest BCUT2D eigenvalue weighted by Gasteiger charge is -2.24. The molecular weight excluding hydrogens is 154 g/mol. The summed E-state index contributed by atoms with van der Waals surface area (Å²) in [6.07, 6.45) is 0.542. The van der Waals surface area contributed by atoms with E-state index in [0.717, 1.165) is 6.42 Å². The summed E-state index contributed by atoms with van der Waals surface area (Å²) in [7, 11) is -3.43. The molecule has 1 aliphatic rings. The van der Waals surface area contributed by atoms with Gasteiger partial charge in [0.1, 0.15) is 0 Å². The van der Waals surface area contributed by atoms with Crippen molar-refractivity contribution in [1.29, 1.82) is 0 Å². The van der Waals surface area contributed by atoms with Crippen LogP contribution in [-0.2, 0) is 14.5 Å². The first-order valence-corrected chi connectivity index (χ1v) is 4.61. The van der Waals surface area contributed by atoms with E-state index < -0.39 is 10.3 Å². The maximum Gasteiger partial charge on any atom is 0.336 e. The quantitative estimate of drug-likeness (QED) is 0.550.